The third-order valence-electron chi connectivity index (χ3n) is 5.26. The number of hydrogen-bond donors (Lipinski definition) is 1. The molecular weight excluding hydrogens is 463 g/mol. The number of halogens is 3. The Hall–Kier alpha value is -3.40. The van der Waals surface area contributed by atoms with Crippen molar-refractivity contribution in [1.82, 2.24) is 19.4 Å². The zero-order valence-corrected chi connectivity index (χ0v) is 19.4. The maximum absolute atomic E-state index is 12.4. The number of nitrogens with one attached hydrogen (secondary N) is 1. The number of ketones is 1. The average molecular weight is 486 g/mol. The average Bonchev–Trinajstić information content (AvgIpc) is 3.25. The second-order valence-electron chi connectivity index (χ2n) is 7.69. The van der Waals surface area contributed by atoms with Crippen LogP contribution in [0.4, 0.5) is 19.0 Å². The third kappa shape index (κ3) is 5.56. The van der Waals surface area contributed by atoms with Crippen molar-refractivity contribution in [2.24, 2.45) is 0 Å². The van der Waals surface area contributed by atoms with Gasteiger partial charge in [0.05, 0.1) is 24.0 Å². The lowest BCUT2D eigenvalue weighted by Crippen LogP contribution is -2.12. The highest BCUT2D eigenvalue weighted by molar-refractivity contribution is 7.98. The Balaban J connectivity index is 1.60. The van der Waals surface area contributed by atoms with Crippen LogP contribution in [-0.2, 0) is 11.2 Å². The molecule has 0 aliphatic carbocycles. The Labute approximate surface area is 198 Å². The molecule has 0 saturated heterocycles. The van der Waals surface area contributed by atoms with Crippen LogP contribution in [0.25, 0.3) is 28.2 Å². The van der Waals surface area contributed by atoms with Gasteiger partial charge in [0.2, 0.25) is 0 Å². The van der Waals surface area contributed by atoms with E-state index in [-0.39, 0.29) is 6.42 Å². The van der Waals surface area contributed by atoms with Gasteiger partial charge in [0.15, 0.2) is 5.16 Å². The van der Waals surface area contributed by atoms with Gasteiger partial charge >= 0.3 is 6.18 Å². The first-order valence-corrected chi connectivity index (χ1v) is 11.7. The molecule has 0 saturated carbocycles. The molecule has 3 aromatic heterocycles. The molecule has 10 heteroatoms. The molecule has 0 fully saturated rings. The van der Waals surface area contributed by atoms with Crippen molar-refractivity contribution in [1.29, 1.82) is 0 Å². The van der Waals surface area contributed by atoms with Crippen LogP contribution in [0, 0.1) is 0 Å². The summed E-state index contributed by atoms with van der Waals surface area (Å²) in [6.07, 6.45) is -0.427. The van der Waals surface area contributed by atoms with E-state index < -0.39 is 24.8 Å². The van der Waals surface area contributed by atoms with Gasteiger partial charge in [-0.05, 0) is 30.0 Å². The maximum Gasteiger partial charge on any atom is 0.389 e. The highest BCUT2D eigenvalue weighted by Gasteiger charge is 2.27. The quantitative estimate of drug-likeness (QED) is 0.256. The van der Waals surface area contributed by atoms with Gasteiger partial charge in [-0.15, -0.1) is 0 Å². The number of alkyl halides is 3. The number of imidazole rings is 1. The predicted molar refractivity (Wildman–Crippen MR) is 127 cm³/mol. The van der Waals surface area contributed by atoms with Gasteiger partial charge in [0.25, 0.3) is 0 Å². The minimum absolute atomic E-state index is 0.0376. The van der Waals surface area contributed by atoms with Crippen molar-refractivity contribution in [2.75, 3.05) is 18.6 Å². The number of rotatable bonds is 8. The zero-order chi connectivity index (χ0) is 24.3. The fraction of sp³-hybridized carbons (Fsp3) is 0.250. The summed E-state index contributed by atoms with van der Waals surface area (Å²) >= 11 is 1.46. The lowest BCUT2D eigenvalue weighted by molar-refractivity contribution is -0.143. The molecule has 4 rings (SSSR count). The number of fused-ring (bicyclic) bond motifs is 1. The van der Waals surface area contributed by atoms with Crippen molar-refractivity contribution in [3.8, 4) is 22.5 Å². The van der Waals surface area contributed by atoms with Crippen LogP contribution in [0.1, 0.15) is 18.4 Å². The van der Waals surface area contributed by atoms with Crippen molar-refractivity contribution < 1.29 is 18.0 Å². The van der Waals surface area contributed by atoms with E-state index in [0.717, 1.165) is 34.0 Å². The number of carbonyl (C=O) groups excluding carboxylic acids is 1. The topological polar surface area (TPSA) is 72.2 Å². The zero-order valence-electron chi connectivity index (χ0n) is 18.6. The monoisotopic (exact) mass is 485 g/mol. The number of anilines is 1. The molecule has 4 aromatic rings. The summed E-state index contributed by atoms with van der Waals surface area (Å²) in [4.78, 5) is 25.5. The Morgan fingerprint density at radius 2 is 1.94 bits per heavy atom. The van der Waals surface area contributed by atoms with Crippen LogP contribution >= 0.6 is 11.8 Å². The van der Waals surface area contributed by atoms with Crippen LogP contribution in [0.3, 0.4) is 0 Å². The Kier molecular flexibility index (Phi) is 6.87. The predicted octanol–water partition coefficient (Wildman–Crippen LogP) is 5.68. The SMILES string of the molecule is CNc1cc(-c2ccn3c(-c4cccc(CC(=O)CCC(F)(F)F)c4)cnc3c2)nc(SC)n1. The van der Waals surface area contributed by atoms with Gasteiger partial charge in [0, 0.05) is 43.3 Å². The molecule has 0 atom stereocenters. The molecule has 176 valence electrons. The molecule has 0 aliphatic rings. The number of hydrogen-bond acceptors (Lipinski definition) is 6. The molecule has 0 bridgehead atoms. The smallest absolute Gasteiger partial charge is 0.373 e. The summed E-state index contributed by atoms with van der Waals surface area (Å²) < 4.78 is 39.1. The highest BCUT2D eigenvalue weighted by atomic mass is 32.2. The molecule has 0 amide bonds. The second kappa shape index (κ2) is 9.84. The van der Waals surface area contributed by atoms with Gasteiger partial charge in [-0.25, -0.2) is 15.0 Å². The van der Waals surface area contributed by atoms with Gasteiger partial charge < -0.3 is 5.32 Å². The van der Waals surface area contributed by atoms with E-state index in [4.69, 9.17) is 0 Å². The molecule has 1 N–H and O–H groups in total. The van der Waals surface area contributed by atoms with Crippen molar-refractivity contribution in [3.05, 3.63) is 60.4 Å². The van der Waals surface area contributed by atoms with E-state index in [0.29, 0.717) is 10.7 Å². The lowest BCUT2D eigenvalue weighted by atomic mass is 10.0. The lowest BCUT2D eigenvalue weighted by Gasteiger charge is -2.09. The minimum Gasteiger partial charge on any atom is -0.373 e. The standard InChI is InChI=1S/C24H22F3N5OS/c1-28-21-13-19(30-23(31-21)34-2)16-7-9-32-20(14-29-22(32)12-16)17-5-3-4-15(10-17)11-18(33)6-8-24(25,26)27/h3-5,7,9-10,12-14H,6,8,11H2,1-2H3,(H,28,30,31). The molecular formula is C24H22F3N5OS. The summed E-state index contributed by atoms with van der Waals surface area (Å²) in [7, 11) is 1.80. The molecule has 0 radical (unpaired) electrons. The first kappa shape index (κ1) is 23.7. The van der Waals surface area contributed by atoms with E-state index in [2.05, 4.69) is 20.3 Å². The second-order valence-corrected chi connectivity index (χ2v) is 8.47. The van der Waals surface area contributed by atoms with Crippen LogP contribution in [0.5, 0.6) is 0 Å². The third-order valence-corrected chi connectivity index (χ3v) is 5.81. The normalized spacial score (nSPS) is 11.7. The number of benzene rings is 1. The van der Waals surface area contributed by atoms with Gasteiger partial charge in [0.1, 0.15) is 17.2 Å². The number of carbonyl (C=O) groups is 1. The summed E-state index contributed by atoms with van der Waals surface area (Å²) in [5.41, 5.74) is 4.69. The number of nitrogens with zero attached hydrogens (tertiary/aromatic N) is 4. The number of pyridine rings is 1. The van der Waals surface area contributed by atoms with Crippen molar-refractivity contribution >= 4 is 29.0 Å². The van der Waals surface area contributed by atoms with Crippen LogP contribution < -0.4 is 5.32 Å². The van der Waals surface area contributed by atoms with Gasteiger partial charge in [-0.3, -0.25) is 9.20 Å². The van der Waals surface area contributed by atoms with E-state index in [1.165, 1.54) is 11.8 Å². The van der Waals surface area contributed by atoms with E-state index in [9.17, 15) is 18.0 Å². The van der Waals surface area contributed by atoms with Gasteiger partial charge in [-0.1, -0.05) is 30.0 Å². The fourth-order valence-electron chi connectivity index (χ4n) is 3.58. The Morgan fingerprint density at radius 1 is 1.12 bits per heavy atom. The number of Topliss-reactive ketones (excluding diaryl/α,β-unsaturated/α-hetero) is 1. The fourth-order valence-corrected chi connectivity index (χ4v) is 3.96. The first-order chi connectivity index (χ1) is 16.3. The molecule has 0 aliphatic heterocycles. The van der Waals surface area contributed by atoms with Crippen molar-refractivity contribution in [3.63, 3.8) is 0 Å². The minimum atomic E-state index is -4.33. The summed E-state index contributed by atoms with van der Waals surface area (Å²) in [5.74, 6) is 0.285. The van der Waals surface area contributed by atoms with E-state index in [1.54, 1.807) is 25.4 Å². The molecule has 0 spiro atoms. The number of aromatic nitrogens is 4. The molecule has 1 aromatic carbocycles. The number of thioether (sulfide) groups is 1. The summed E-state index contributed by atoms with van der Waals surface area (Å²) in [6.45, 7) is 0. The summed E-state index contributed by atoms with van der Waals surface area (Å²) in [6, 6.07) is 13.0. The molecule has 0 unspecified atom stereocenters. The first-order valence-electron chi connectivity index (χ1n) is 10.5. The van der Waals surface area contributed by atoms with E-state index >= 15 is 0 Å². The molecule has 6 nitrogen and oxygen atoms in total. The van der Waals surface area contributed by atoms with Crippen LogP contribution in [0.2, 0.25) is 0 Å². The Morgan fingerprint density at radius 3 is 2.68 bits per heavy atom. The van der Waals surface area contributed by atoms with Crippen LogP contribution in [0.15, 0.2) is 60.0 Å². The molecule has 34 heavy (non-hydrogen) atoms. The highest BCUT2D eigenvalue weighted by Crippen LogP contribution is 2.27. The van der Waals surface area contributed by atoms with Crippen molar-refractivity contribution in [2.45, 2.75) is 30.6 Å². The van der Waals surface area contributed by atoms with E-state index in [1.807, 2.05) is 47.2 Å². The maximum atomic E-state index is 12.4. The summed E-state index contributed by atoms with van der Waals surface area (Å²) in [5, 5.41) is 3.70. The Bertz CT molecular complexity index is 1310. The van der Waals surface area contributed by atoms with Gasteiger partial charge in [-0.2, -0.15) is 13.2 Å². The molecule has 3 heterocycles. The largest absolute Gasteiger partial charge is 0.389 e. The van der Waals surface area contributed by atoms with Crippen LogP contribution in [-0.4, -0.2) is 44.6 Å².